The Morgan fingerprint density at radius 1 is 1.10 bits per heavy atom. The van der Waals surface area contributed by atoms with Crippen molar-refractivity contribution in [3.63, 3.8) is 0 Å². The van der Waals surface area contributed by atoms with Crippen LogP contribution in [0, 0.1) is 0 Å². The molecule has 0 radical (unpaired) electrons. The van der Waals surface area contributed by atoms with Gasteiger partial charge < -0.3 is 15.3 Å². The second kappa shape index (κ2) is 10.4. The Kier molecular flexibility index (Phi) is 7.63. The number of carbonyl (C=O) groups excluding carboxylic acids is 1. The monoisotopic (exact) mass is 408 g/mol. The Morgan fingerprint density at radius 3 is 2.43 bits per heavy atom. The Hall–Kier alpha value is -2.66. The minimum Gasteiger partial charge on any atom is -0.481 e. The van der Waals surface area contributed by atoms with Crippen molar-refractivity contribution in [2.75, 3.05) is 0 Å². The van der Waals surface area contributed by atoms with Gasteiger partial charge in [0.1, 0.15) is 0 Å². The van der Waals surface area contributed by atoms with Crippen molar-refractivity contribution < 1.29 is 14.7 Å². The van der Waals surface area contributed by atoms with Crippen LogP contribution in [0.2, 0.25) is 0 Å². The molecule has 30 heavy (non-hydrogen) atoms. The molecule has 0 fully saturated rings. The summed E-state index contributed by atoms with van der Waals surface area (Å²) >= 11 is 0. The summed E-state index contributed by atoms with van der Waals surface area (Å²) < 4.78 is 0. The smallest absolute Gasteiger partial charge is 0.305 e. The molecule has 1 amide bonds. The van der Waals surface area contributed by atoms with Crippen molar-refractivity contribution in [2.45, 2.75) is 70.6 Å². The molecule has 0 spiro atoms. The lowest BCUT2D eigenvalue weighted by atomic mass is 9.91. The van der Waals surface area contributed by atoms with E-state index >= 15 is 0 Å². The van der Waals surface area contributed by atoms with Gasteiger partial charge in [0.25, 0.3) is 0 Å². The minimum absolute atomic E-state index is 0.0195. The number of nitrogens with one attached hydrogen (secondary N) is 1. The van der Waals surface area contributed by atoms with E-state index in [4.69, 9.17) is 0 Å². The van der Waals surface area contributed by atoms with E-state index in [1.165, 1.54) is 5.56 Å². The maximum atomic E-state index is 13.3. The van der Waals surface area contributed by atoms with Gasteiger partial charge in [0, 0.05) is 18.6 Å². The third kappa shape index (κ3) is 5.70. The van der Waals surface area contributed by atoms with Crippen molar-refractivity contribution >= 4 is 11.9 Å². The topological polar surface area (TPSA) is 69.6 Å². The summed E-state index contributed by atoms with van der Waals surface area (Å²) in [7, 11) is 0. The fourth-order valence-electron chi connectivity index (χ4n) is 4.29. The molecule has 5 heteroatoms. The van der Waals surface area contributed by atoms with Gasteiger partial charge in [-0.25, -0.2) is 0 Å². The molecule has 1 aliphatic rings. The van der Waals surface area contributed by atoms with Crippen molar-refractivity contribution in [3.05, 3.63) is 71.3 Å². The molecule has 160 valence electrons. The molecule has 2 aromatic rings. The first-order valence-electron chi connectivity index (χ1n) is 10.9. The molecule has 0 saturated heterocycles. The molecule has 2 N–H and O–H groups in total. The molecule has 5 nitrogen and oxygen atoms in total. The van der Waals surface area contributed by atoms with Crippen molar-refractivity contribution in [2.24, 2.45) is 0 Å². The van der Waals surface area contributed by atoms with Crippen molar-refractivity contribution in [3.8, 4) is 0 Å². The summed E-state index contributed by atoms with van der Waals surface area (Å²) in [5.74, 6) is -0.888. The van der Waals surface area contributed by atoms with E-state index in [-0.39, 0.29) is 30.5 Å². The van der Waals surface area contributed by atoms with Crippen LogP contribution >= 0.6 is 0 Å². The van der Waals surface area contributed by atoms with Crippen LogP contribution in [0.3, 0.4) is 0 Å². The standard InChI is InChI=1S/C25H32N2O3/c1-3-22(14-13-19-9-5-4-6-10-19)26-18(2)25(30)27-17-21-12-8-7-11-20(21)15-23(27)16-24(28)29/h4-12,18,22-23,26H,3,13-17H2,1-2H3,(H,28,29). The van der Waals surface area contributed by atoms with E-state index in [1.54, 1.807) is 4.90 Å². The summed E-state index contributed by atoms with van der Waals surface area (Å²) in [6, 6.07) is 17.9. The summed E-state index contributed by atoms with van der Waals surface area (Å²) in [6.45, 7) is 4.50. The third-order valence-electron chi connectivity index (χ3n) is 6.02. The average molecular weight is 409 g/mol. The molecule has 3 unspecified atom stereocenters. The van der Waals surface area contributed by atoms with Gasteiger partial charge in [0.2, 0.25) is 5.91 Å². The Bertz CT molecular complexity index is 852. The fraction of sp³-hybridized carbons (Fsp3) is 0.440. The quantitative estimate of drug-likeness (QED) is 0.662. The maximum absolute atomic E-state index is 13.3. The molecule has 3 atom stereocenters. The molecule has 1 aliphatic heterocycles. The van der Waals surface area contributed by atoms with E-state index < -0.39 is 5.97 Å². The molecule has 0 saturated carbocycles. The highest BCUT2D eigenvalue weighted by Crippen LogP contribution is 2.26. The third-order valence-corrected chi connectivity index (χ3v) is 6.02. The first-order chi connectivity index (χ1) is 14.5. The lowest BCUT2D eigenvalue weighted by Crippen LogP contribution is -2.53. The van der Waals surface area contributed by atoms with E-state index in [2.05, 4.69) is 24.4 Å². The Morgan fingerprint density at radius 2 is 1.77 bits per heavy atom. The van der Waals surface area contributed by atoms with Gasteiger partial charge in [-0.2, -0.15) is 0 Å². The van der Waals surface area contributed by atoms with E-state index in [0.29, 0.717) is 13.0 Å². The van der Waals surface area contributed by atoms with Crippen LogP contribution in [-0.2, 0) is 29.0 Å². The lowest BCUT2D eigenvalue weighted by Gasteiger charge is -2.38. The second-order valence-electron chi connectivity index (χ2n) is 8.21. The number of hydrogen-bond acceptors (Lipinski definition) is 3. The minimum atomic E-state index is -0.868. The van der Waals surface area contributed by atoms with Gasteiger partial charge in [-0.15, -0.1) is 0 Å². The average Bonchev–Trinajstić information content (AvgIpc) is 2.75. The number of amides is 1. The first kappa shape index (κ1) is 22.0. The number of aliphatic carboxylic acids is 1. The van der Waals surface area contributed by atoms with E-state index in [0.717, 1.165) is 30.4 Å². The maximum Gasteiger partial charge on any atom is 0.305 e. The van der Waals surface area contributed by atoms with Gasteiger partial charge in [0.15, 0.2) is 0 Å². The number of nitrogens with zero attached hydrogens (tertiary/aromatic N) is 1. The highest BCUT2D eigenvalue weighted by atomic mass is 16.4. The molecule has 0 aliphatic carbocycles. The Balaban J connectivity index is 1.65. The van der Waals surface area contributed by atoms with Gasteiger partial charge in [0.05, 0.1) is 12.5 Å². The number of hydrogen-bond donors (Lipinski definition) is 2. The van der Waals surface area contributed by atoms with Crippen LogP contribution < -0.4 is 5.32 Å². The van der Waals surface area contributed by atoms with Crippen LogP contribution in [-0.4, -0.2) is 40.0 Å². The predicted molar refractivity (Wildman–Crippen MR) is 118 cm³/mol. The highest BCUT2D eigenvalue weighted by Gasteiger charge is 2.33. The zero-order valence-corrected chi connectivity index (χ0v) is 17.9. The SMILES string of the molecule is CCC(CCc1ccccc1)NC(C)C(=O)N1Cc2ccccc2CC1CC(=O)O. The molecule has 0 bridgehead atoms. The largest absolute Gasteiger partial charge is 0.481 e. The van der Waals surface area contributed by atoms with Crippen LogP contribution in [0.15, 0.2) is 54.6 Å². The number of fused-ring (bicyclic) bond motifs is 1. The normalized spacial score (nSPS) is 17.8. The number of rotatable bonds is 9. The van der Waals surface area contributed by atoms with Crippen molar-refractivity contribution in [1.82, 2.24) is 10.2 Å². The van der Waals surface area contributed by atoms with Crippen LogP contribution in [0.4, 0.5) is 0 Å². The molecular weight excluding hydrogens is 376 g/mol. The molecule has 3 rings (SSSR count). The van der Waals surface area contributed by atoms with Gasteiger partial charge in [-0.1, -0.05) is 61.5 Å². The fourth-order valence-corrected chi connectivity index (χ4v) is 4.29. The molecule has 2 aromatic carbocycles. The number of benzene rings is 2. The summed E-state index contributed by atoms with van der Waals surface area (Å²) in [5.41, 5.74) is 3.55. The van der Waals surface area contributed by atoms with Gasteiger partial charge in [-0.05, 0) is 49.3 Å². The van der Waals surface area contributed by atoms with Crippen LogP contribution in [0.1, 0.15) is 49.8 Å². The van der Waals surface area contributed by atoms with Crippen LogP contribution in [0.5, 0.6) is 0 Å². The number of aryl methyl sites for hydroxylation is 1. The summed E-state index contributed by atoms with van der Waals surface area (Å²) in [4.78, 5) is 26.5. The lowest BCUT2D eigenvalue weighted by molar-refractivity contribution is -0.142. The predicted octanol–water partition coefficient (Wildman–Crippen LogP) is 3.80. The van der Waals surface area contributed by atoms with E-state index in [9.17, 15) is 14.7 Å². The zero-order chi connectivity index (χ0) is 21.5. The summed E-state index contributed by atoms with van der Waals surface area (Å²) in [6.07, 6.45) is 3.42. The molecule has 0 aromatic heterocycles. The van der Waals surface area contributed by atoms with Gasteiger partial charge >= 0.3 is 5.97 Å². The Labute approximate surface area is 179 Å². The summed E-state index contributed by atoms with van der Waals surface area (Å²) in [5, 5.41) is 12.9. The number of carbonyl (C=O) groups is 2. The molecular formula is C25H32N2O3. The number of carboxylic acid groups (broad SMARTS) is 1. The van der Waals surface area contributed by atoms with Crippen LogP contribution in [0.25, 0.3) is 0 Å². The number of carboxylic acids is 1. The second-order valence-corrected chi connectivity index (χ2v) is 8.21. The van der Waals surface area contributed by atoms with Gasteiger partial charge in [-0.3, -0.25) is 9.59 Å². The van der Waals surface area contributed by atoms with E-state index in [1.807, 2.05) is 49.4 Å². The first-order valence-corrected chi connectivity index (χ1v) is 10.9. The zero-order valence-electron chi connectivity index (χ0n) is 17.9. The molecule has 1 heterocycles. The van der Waals surface area contributed by atoms with Crippen molar-refractivity contribution in [1.29, 1.82) is 0 Å². The highest BCUT2D eigenvalue weighted by molar-refractivity contribution is 5.83.